The summed E-state index contributed by atoms with van der Waals surface area (Å²) in [6.07, 6.45) is 2.69. The minimum Gasteiger partial charge on any atom is -0.351 e. The van der Waals surface area contributed by atoms with Crippen molar-refractivity contribution < 1.29 is 13.6 Å². The van der Waals surface area contributed by atoms with Crippen LogP contribution in [-0.4, -0.2) is 30.0 Å². The van der Waals surface area contributed by atoms with E-state index in [0.29, 0.717) is 12.1 Å². The molecule has 1 aliphatic heterocycles. The molecule has 3 rings (SSSR count). The fraction of sp³-hybridized carbons (Fsp3) is 0.368. The predicted molar refractivity (Wildman–Crippen MR) is 106 cm³/mol. The van der Waals surface area contributed by atoms with Crippen molar-refractivity contribution in [3.05, 3.63) is 65.0 Å². The summed E-state index contributed by atoms with van der Waals surface area (Å²) in [5.41, 5.74) is 2.46. The van der Waals surface area contributed by atoms with E-state index in [1.807, 2.05) is 19.1 Å². The van der Waals surface area contributed by atoms with Crippen LogP contribution in [0, 0.1) is 18.6 Å². The van der Waals surface area contributed by atoms with Gasteiger partial charge < -0.3 is 10.6 Å². The van der Waals surface area contributed by atoms with Gasteiger partial charge in [0.2, 0.25) is 5.91 Å². The van der Waals surface area contributed by atoms with Crippen molar-refractivity contribution in [3.63, 3.8) is 0 Å². The molecule has 0 spiro atoms. The number of rotatable bonds is 4. The number of carbonyl (C=O) groups excluding carboxylic acids is 1. The van der Waals surface area contributed by atoms with E-state index in [0.717, 1.165) is 30.3 Å². The molecule has 8 heteroatoms. The van der Waals surface area contributed by atoms with Crippen LogP contribution in [0.3, 0.4) is 0 Å². The van der Waals surface area contributed by atoms with Crippen molar-refractivity contribution in [3.8, 4) is 0 Å². The first-order valence-corrected chi connectivity index (χ1v) is 8.39. The van der Waals surface area contributed by atoms with Crippen molar-refractivity contribution in [1.29, 1.82) is 0 Å². The van der Waals surface area contributed by atoms with Crippen molar-refractivity contribution in [2.45, 2.75) is 31.7 Å². The van der Waals surface area contributed by atoms with Gasteiger partial charge in [-0.1, -0.05) is 12.1 Å². The first-order chi connectivity index (χ1) is 12.0. The van der Waals surface area contributed by atoms with Crippen LogP contribution >= 0.6 is 24.8 Å². The molecule has 0 aliphatic carbocycles. The van der Waals surface area contributed by atoms with Gasteiger partial charge in [0.1, 0.15) is 0 Å². The fourth-order valence-corrected chi connectivity index (χ4v) is 3.20. The average molecular weight is 418 g/mol. The van der Waals surface area contributed by atoms with E-state index in [1.165, 1.54) is 6.07 Å². The fourth-order valence-electron chi connectivity index (χ4n) is 3.20. The highest BCUT2D eigenvalue weighted by Crippen LogP contribution is 2.27. The van der Waals surface area contributed by atoms with Crippen molar-refractivity contribution >= 4 is 30.7 Å². The summed E-state index contributed by atoms with van der Waals surface area (Å²) >= 11 is 0. The number of nitrogens with one attached hydrogen (secondary N) is 2. The summed E-state index contributed by atoms with van der Waals surface area (Å²) in [5.74, 6) is -1.86. The molecule has 27 heavy (non-hydrogen) atoms. The zero-order chi connectivity index (χ0) is 17.8. The molecule has 0 radical (unpaired) electrons. The number of carbonyl (C=O) groups is 1. The third-order valence-corrected chi connectivity index (χ3v) is 4.54. The summed E-state index contributed by atoms with van der Waals surface area (Å²) in [6, 6.07) is 7.56. The van der Waals surface area contributed by atoms with E-state index in [4.69, 9.17) is 0 Å². The standard InChI is InChI=1S/C19H21F2N3O.2ClH/c1-12-2-3-13(10-23-12)8-19(25)24-18-11-22-7-6-15(18)14-4-5-16(20)17(21)9-14;;/h2-5,9-10,15,18,22H,6-8,11H2,1H3,(H,24,25);2*1H. The molecule has 1 amide bonds. The van der Waals surface area contributed by atoms with Crippen molar-refractivity contribution in [2.24, 2.45) is 0 Å². The number of aryl methyl sites for hydroxylation is 1. The summed E-state index contributed by atoms with van der Waals surface area (Å²) in [4.78, 5) is 16.6. The zero-order valence-electron chi connectivity index (χ0n) is 14.9. The van der Waals surface area contributed by atoms with E-state index >= 15 is 0 Å². The smallest absolute Gasteiger partial charge is 0.224 e. The Hall–Kier alpha value is -1.76. The van der Waals surface area contributed by atoms with Crippen LogP contribution in [0.25, 0.3) is 0 Å². The minimum absolute atomic E-state index is 0. The van der Waals surface area contributed by atoms with Crippen LogP contribution in [0.2, 0.25) is 0 Å². The van der Waals surface area contributed by atoms with E-state index in [2.05, 4.69) is 15.6 Å². The van der Waals surface area contributed by atoms with Gasteiger partial charge in [-0.2, -0.15) is 0 Å². The Morgan fingerprint density at radius 2 is 2.00 bits per heavy atom. The molecule has 2 N–H and O–H groups in total. The Bertz CT molecular complexity index is 759. The second kappa shape index (κ2) is 10.5. The Kier molecular flexibility index (Phi) is 9.09. The van der Waals surface area contributed by atoms with Crippen LogP contribution in [0.5, 0.6) is 0 Å². The van der Waals surface area contributed by atoms with Gasteiger partial charge in [-0.05, 0) is 49.2 Å². The largest absolute Gasteiger partial charge is 0.351 e. The number of nitrogens with zero attached hydrogens (tertiary/aromatic N) is 1. The summed E-state index contributed by atoms with van der Waals surface area (Å²) in [7, 11) is 0. The lowest BCUT2D eigenvalue weighted by Gasteiger charge is -2.33. The van der Waals surface area contributed by atoms with Crippen LogP contribution in [0.4, 0.5) is 8.78 Å². The highest BCUT2D eigenvalue weighted by molar-refractivity contribution is 5.85. The van der Waals surface area contributed by atoms with Gasteiger partial charge in [0.15, 0.2) is 11.6 Å². The molecular weight excluding hydrogens is 395 g/mol. The normalized spacial score (nSPS) is 18.8. The lowest BCUT2D eigenvalue weighted by Crippen LogP contribution is -2.50. The van der Waals surface area contributed by atoms with Gasteiger partial charge in [-0.25, -0.2) is 8.78 Å². The quantitative estimate of drug-likeness (QED) is 0.801. The maximum atomic E-state index is 13.6. The number of benzene rings is 1. The zero-order valence-corrected chi connectivity index (χ0v) is 16.5. The molecule has 1 aromatic heterocycles. The Balaban J connectivity index is 0.00000182. The Morgan fingerprint density at radius 1 is 1.22 bits per heavy atom. The average Bonchev–Trinajstić information content (AvgIpc) is 2.60. The van der Waals surface area contributed by atoms with E-state index in [9.17, 15) is 13.6 Å². The van der Waals surface area contributed by atoms with Crippen LogP contribution in [-0.2, 0) is 11.2 Å². The third kappa shape index (κ3) is 6.13. The Labute approximate surface area is 170 Å². The molecule has 148 valence electrons. The highest BCUT2D eigenvalue weighted by Gasteiger charge is 2.28. The monoisotopic (exact) mass is 417 g/mol. The topological polar surface area (TPSA) is 54.0 Å². The predicted octanol–water partition coefficient (Wildman–Crippen LogP) is 3.32. The molecule has 0 saturated carbocycles. The molecule has 0 bridgehead atoms. The SMILES string of the molecule is Cc1ccc(CC(=O)NC2CNCCC2c2ccc(F)c(F)c2)cn1.Cl.Cl. The highest BCUT2D eigenvalue weighted by atomic mass is 35.5. The second-order valence-electron chi connectivity index (χ2n) is 6.43. The first kappa shape index (κ1) is 23.3. The van der Waals surface area contributed by atoms with E-state index in [-0.39, 0.29) is 49.1 Å². The summed E-state index contributed by atoms with van der Waals surface area (Å²) in [5, 5.41) is 6.26. The van der Waals surface area contributed by atoms with Gasteiger partial charge >= 0.3 is 0 Å². The maximum Gasteiger partial charge on any atom is 0.224 e. The number of hydrogen-bond acceptors (Lipinski definition) is 3. The third-order valence-electron chi connectivity index (χ3n) is 4.54. The van der Waals surface area contributed by atoms with Crippen molar-refractivity contribution in [1.82, 2.24) is 15.6 Å². The number of amides is 1. The number of aromatic nitrogens is 1. The number of halogens is 4. The molecular formula is C19H23Cl2F2N3O. The molecule has 2 atom stereocenters. The van der Waals surface area contributed by atoms with Gasteiger partial charge in [0.05, 0.1) is 6.42 Å². The molecule has 1 fully saturated rings. The molecule has 1 saturated heterocycles. The molecule has 1 aliphatic rings. The molecule has 1 aromatic carbocycles. The van der Waals surface area contributed by atoms with E-state index in [1.54, 1.807) is 12.3 Å². The maximum absolute atomic E-state index is 13.6. The Morgan fingerprint density at radius 3 is 2.67 bits per heavy atom. The van der Waals surface area contributed by atoms with Gasteiger partial charge in [0.25, 0.3) is 0 Å². The number of pyridine rings is 1. The number of hydrogen-bond donors (Lipinski definition) is 2. The summed E-state index contributed by atoms with van der Waals surface area (Å²) in [6.45, 7) is 3.27. The molecule has 2 unspecified atom stereocenters. The van der Waals surface area contributed by atoms with Crippen molar-refractivity contribution in [2.75, 3.05) is 13.1 Å². The van der Waals surface area contributed by atoms with E-state index < -0.39 is 11.6 Å². The van der Waals surface area contributed by atoms with Crippen LogP contribution < -0.4 is 10.6 Å². The minimum atomic E-state index is -0.856. The van der Waals surface area contributed by atoms with Gasteiger partial charge in [0, 0.05) is 30.4 Å². The van der Waals surface area contributed by atoms with Crippen LogP contribution in [0.15, 0.2) is 36.5 Å². The molecule has 4 nitrogen and oxygen atoms in total. The lowest BCUT2D eigenvalue weighted by atomic mass is 9.86. The lowest BCUT2D eigenvalue weighted by molar-refractivity contribution is -0.121. The first-order valence-electron chi connectivity index (χ1n) is 8.39. The number of piperidine rings is 1. The van der Waals surface area contributed by atoms with Gasteiger partial charge in [-0.3, -0.25) is 9.78 Å². The summed E-state index contributed by atoms with van der Waals surface area (Å²) < 4.78 is 26.7. The molecule has 2 aromatic rings. The molecule has 2 heterocycles. The second-order valence-corrected chi connectivity index (χ2v) is 6.43. The van der Waals surface area contributed by atoms with Crippen LogP contribution in [0.1, 0.15) is 29.2 Å². The van der Waals surface area contributed by atoms with Gasteiger partial charge in [-0.15, -0.1) is 24.8 Å².